The standard InChI is InChI=1S/C10H13N5O2S2/c16-19(17,9-7-12-13-8-9)15-4-2-14(3-5-15)10-11-1-6-18-10/h1,6-8H,2-5H2,(H,12,13). The number of rotatable bonds is 3. The highest BCUT2D eigenvalue weighted by Crippen LogP contribution is 2.21. The van der Waals surface area contributed by atoms with Gasteiger partial charge >= 0.3 is 0 Å². The molecule has 1 fully saturated rings. The van der Waals surface area contributed by atoms with Crippen LogP contribution in [0.4, 0.5) is 5.13 Å². The molecule has 0 unspecified atom stereocenters. The van der Waals surface area contributed by atoms with Gasteiger partial charge in [0, 0.05) is 44.0 Å². The quantitative estimate of drug-likeness (QED) is 0.886. The van der Waals surface area contributed by atoms with Gasteiger partial charge in [-0.2, -0.15) is 9.40 Å². The Bertz CT molecular complexity index is 615. The van der Waals surface area contributed by atoms with Gasteiger partial charge in [0.1, 0.15) is 4.90 Å². The lowest BCUT2D eigenvalue weighted by Gasteiger charge is -2.33. The zero-order valence-corrected chi connectivity index (χ0v) is 11.7. The number of piperazine rings is 1. The average molecular weight is 299 g/mol. The Morgan fingerprint density at radius 3 is 2.63 bits per heavy atom. The van der Waals surface area contributed by atoms with Crippen LogP contribution in [-0.4, -0.2) is 54.1 Å². The van der Waals surface area contributed by atoms with Gasteiger partial charge in [-0.25, -0.2) is 13.4 Å². The summed E-state index contributed by atoms with van der Waals surface area (Å²) in [6.45, 7) is 2.25. The van der Waals surface area contributed by atoms with Crippen molar-refractivity contribution < 1.29 is 8.42 Å². The molecular weight excluding hydrogens is 286 g/mol. The van der Waals surface area contributed by atoms with Gasteiger partial charge in [0.05, 0.1) is 6.20 Å². The van der Waals surface area contributed by atoms with Crippen molar-refractivity contribution in [2.24, 2.45) is 0 Å². The molecule has 0 radical (unpaired) electrons. The molecule has 0 atom stereocenters. The molecule has 2 aromatic rings. The minimum atomic E-state index is -3.42. The van der Waals surface area contributed by atoms with Crippen LogP contribution in [-0.2, 0) is 10.0 Å². The van der Waals surface area contributed by atoms with Crippen LogP contribution >= 0.6 is 11.3 Å². The first-order chi connectivity index (χ1) is 9.18. The third-order valence-corrected chi connectivity index (χ3v) is 5.74. The summed E-state index contributed by atoms with van der Waals surface area (Å²) in [6, 6.07) is 0. The largest absolute Gasteiger partial charge is 0.345 e. The van der Waals surface area contributed by atoms with Crippen molar-refractivity contribution in [3.8, 4) is 0 Å². The van der Waals surface area contributed by atoms with Crippen LogP contribution in [0.3, 0.4) is 0 Å². The summed E-state index contributed by atoms with van der Waals surface area (Å²) in [5, 5.41) is 9.09. The van der Waals surface area contributed by atoms with Crippen molar-refractivity contribution in [1.82, 2.24) is 19.5 Å². The number of thiazole rings is 1. The van der Waals surface area contributed by atoms with Crippen LogP contribution in [0.5, 0.6) is 0 Å². The van der Waals surface area contributed by atoms with Crippen LogP contribution in [0.2, 0.25) is 0 Å². The number of aromatic nitrogens is 3. The Morgan fingerprint density at radius 2 is 2.05 bits per heavy atom. The summed E-state index contributed by atoms with van der Waals surface area (Å²) in [4.78, 5) is 6.56. The van der Waals surface area contributed by atoms with E-state index in [-0.39, 0.29) is 4.90 Å². The Morgan fingerprint density at radius 1 is 1.26 bits per heavy atom. The van der Waals surface area contributed by atoms with Gasteiger partial charge in [0.25, 0.3) is 0 Å². The average Bonchev–Trinajstić information content (AvgIpc) is 3.12. The summed E-state index contributed by atoms with van der Waals surface area (Å²) in [7, 11) is -3.42. The smallest absolute Gasteiger partial charge is 0.246 e. The number of aromatic amines is 1. The highest BCUT2D eigenvalue weighted by atomic mass is 32.2. The molecule has 1 saturated heterocycles. The number of nitrogens with zero attached hydrogens (tertiary/aromatic N) is 4. The molecule has 1 aliphatic heterocycles. The fourth-order valence-electron chi connectivity index (χ4n) is 2.02. The predicted molar refractivity (Wildman–Crippen MR) is 71.7 cm³/mol. The van der Waals surface area contributed by atoms with E-state index in [1.807, 2.05) is 5.38 Å². The van der Waals surface area contributed by atoms with E-state index in [0.717, 1.165) is 5.13 Å². The van der Waals surface area contributed by atoms with Crippen molar-refractivity contribution in [3.63, 3.8) is 0 Å². The lowest BCUT2D eigenvalue weighted by Crippen LogP contribution is -2.48. The van der Waals surface area contributed by atoms with E-state index in [1.165, 1.54) is 16.7 Å². The topological polar surface area (TPSA) is 82.2 Å². The summed E-state index contributed by atoms with van der Waals surface area (Å²) in [5.74, 6) is 0. The lowest BCUT2D eigenvalue weighted by atomic mass is 10.4. The first kappa shape index (κ1) is 12.6. The monoisotopic (exact) mass is 299 g/mol. The van der Waals surface area contributed by atoms with Crippen molar-refractivity contribution in [2.45, 2.75) is 4.90 Å². The summed E-state index contributed by atoms with van der Waals surface area (Å²) in [6.07, 6.45) is 4.50. The second-order valence-electron chi connectivity index (χ2n) is 4.14. The number of anilines is 1. The zero-order valence-electron chi connectivity index (χ0n) is 10.1. The van der Waals surface area contributed by atoms with Gasteiger partial charge in [0.15, 0.2) is 5.13 Å². The van der Waals surface area contributed by atoms with E-state index in [1.54, 1.807) is 17.5 Å². The van der Waals surface area contributed by atoms with Crippen molar-refractivity contribution in [1.29, 1.82) is 0 Å². The molecule has 0 spiro atoms. The zero-order chi connectivity index (χ0) is 13.3. The molecule has 2 aromatic heterocycles. The molecule has 1 N–H and O–H groups in total. The lowest BCUT2D eigenvalue weighted by molar-refractivity contribution is 0.385. The summed E-state index contributed by atoms with van der Waals surface area (Å²) >= 11 is 1.57. The normalized spacial score (nSPS) is 17.8. The number of sulfonamides is 1. The van der Waals surface area contributed by atoms with E-state index in [4.69, 9.17) is 0 Å². The van der Waals surface area contributed by atoms with Gasteiger partial charge in [-0.3, -0.25) is 5.10 Å². The SMILES string of the molecule is O=S(=O)(c1cn[nH]c1)N1CCN(c2nccs2)CC1. The second-order valence-corrected chi connectivity index (χ2v) is 6.95. The molecule has 1 aliphatic rings. The number of hydrogen-bond acceptors (Lipinski definition) is 6. The fourth-order valence-corrected chi connectivity index (χ4v) is 4.05. The van der Waals surface area contributed by atoms with Crippen molar-refractivity contribution in [3.05, 3.63) is 24.0 Å². The summed E-state index contributed by atoms with van der Waals surface area (Å²) < 4.78 is 26.0. The molecule has 0 bridgehead atoms. The van der Waals surface area contributed by atoms with Crippen molar-refractivity contribution in [2.75, 3.05) is 31.1 Å². The van der Waals surface area contributed by atoms with Crippen LogP contribution in [0, 0.1) is 0 Å². The molecular formula is C10H13N5O2S2. The van der Waals surface area contributed by atoms with Crippen LogP contribution in [0.1, 0.15) is 0 Å². The Hall–Kier alpha value is -1.45. The van der Waals surface area contributed by atoms with Gasteiger partial charge < -0.3 is 4.90 Å². The Labute approximate surface area is 114 Å². The maximum absolute atomic E-state index is 12.3. The first-order valence-electron chi connectivity index (χ1n) is 5.81. The first-order valence-corrected chi connectivity index (χ1v) is 8.13. The maximum Gasteiger partial charge on any atom is 0.246 e. The van der Waals surface area contributed by atoms with Gasteiger partial charge in [-0.15, -0.1) is 11.3 Å². The molecule has 0 aliphatic carbocycles. The molecule has 0 saturated carbocycles. The van der Waals surface area contributed by atoms with E-state index < -0.39 is 10.0 Å². The molecule has 3 rings (SSSR count). The summed E-state index contributed by atoms with van der Waals surface area (Å²) in [5.41, 5.74) is 0. The Balaban J connectivity index is 1.71. The maximum atomic E-state index is 12.3. The van der Waals surface area contributed by atoms with Gasteiger partial charge in [0.2, 0.25) is 10.0 Å². The van der Waals surface area contributed by atoms with E-state index in [0.29, 0.717) is 26.2 Å². The molecule has 102 valence electrons. The van der Waals surface area contributed by atoms with E-state index in [2.05, 4.69) is 20.1 Å². The molecule has 3 heterocycles. The highest BCUT2D eigenvalue weighted by Gasteiger charge is 2.29. The van der Waals surface area contributed by atoms with Crippen LogP contribution in [0.15, 0.2) is 28.9 Å². The van der Waals surface area contributed by atoms with Gasteiger partial charge in [-0.1, -0.05) is 0 Å². The van der Waals surface area contributed by atoms with Crippen LogP contribution in [0.25, 0.3) is 0 Å². The molecule has 19 heavy (non-hydrogen) atoms. The van der Waals surface area contributed by atoms with Crippen LogP contribution < -0.4 is 4.90 Å². The highest BCUT2D eigenvalue weighted by molar-refractivity contribution is 7.89. The third kappa shape index (κ3) is 2.36. The molecule has 0 amide bonds. The second kappa shape index (κ2) is 4.91. The fraction of sp³-hybridized carbons (Fsp3) is 0.400. The molecule has 7 nitrogen and oxygen atoms in total. The number of nitrogens with one attached hydrogen (secondary N) is 1. The van der Waals surface area contributed by atoms with E-state index in [9.17, 15) is 8.42 Å². The number of hydrogen-bond donors (Lipinski definition) is 1. The number of H-pyrrole nitrogens is 1. The minimum absolute atomic E-state index is 0.218. The van der Waals surface area contributed by atoms with E-state index >= 15 is 0 Å². The Kier molecular flexibility index (Phi) is 3.25. The molecule has 9 heteroatoms. The third-order valence-electron chi connectivity index (χ3n) is 3.04. The van der Waals surface area contributed by atoms with Crippen molar-refractivity contribution >= 4 is 26.5 Å². The minimum Gasteiger partial charge on any atom is -0.345 e. The van der Waals surface area contributed by atoms with Gasteiger partial charge in [-0.05, 0) is 0 Å². The predicted octanol–water partition coefficient (Wildman–Crippen LogP) is 0.377. The molecule has 0 aromatic carbocycles.